The number of nitrogens with one attached hydrogen (secondary N) is 1. The second kappa shape index (κ2) is 7.20. The lowest BCUT2D eigenvalue weighted by Crippen LogP contribution is -2.32. The summed E-state index contributed by atoms with van der Waals surface area (Å²) >= 11 is 5.84. The summed E-state index contributed by atoms with van der Waals surface area (Å²) in [6.07, 6.45) is 0.966. The van der Waals surface area contributed by atoms with Gasteiger partial charge in [-0.1, -0.05) is 23.7 Å². The molecule has 6 heteroatoms. The fraction of sp³-hybridized carbons (Fsp3) is 0.278. The predicted molar refractivity (Wildman–Crippen MR) is 92.3 cm³/mol. The number of carboxylic acids is 1. The van der Waals surface area contributed by atoms with Crippen molar-refractivity contribution in [1.82, 2.24) is 5.32 Å². The summed E-state index contributed by atoms with van der Waals surface area (Å²) in [7, 11) is 0. The Hall–Kier alpha value is -2.11. The fourth-order valence-corrected chi connectivity index (χ4v) is 3.09. The molecule has 1 aliphatic heterocycles. The van der Waals surface area contributed by atoms with E-state index < -0.39 is 11.8 Å². The molecule has 0 spiro atoms. The first kappa shape index (κ1) is 16.7. The van der Waals surface area contributed by atoms with E-state index in [1.165, 1.54) is 6.07 Å². The van der Waals surface area contributed by atoms with E-state index in [2.05, 4.69) is 10.2 Å². The van der Waals surface area contributed by atoms with Crippen molar-refractivity contribution in [2.24, 2.45) is 0 Å². The van der Waals surface area contributed by atoms with Crippen LogP contribution in [0.3, 0.4) is 0 Å². The van der Waals surface area contributed by atoms with Gasteiger partial charge in [-0.25, -0.2) is 9.18 Å². The van der Waals surface area contributed by atoms with Crippen LogP contribution in [0.4, 0.5) is 10.1 Å². The van der Waals surface area contributed by atoms with Crippen LogP contribution in [-0.4, -0.2) is 30.2 Å². The van der Waals surface area contributed by atoms with Gasteiger partial charge in [0, 0.05) is 31.4 Å². The molecule has 0 amide bonds. The van der Waals surface area contributed by atoms with Crippen LogP contribution in [0.2, 0.25) is 5.02 Å². The van der Waals surface area contributed by atoms with Crippen molar-refractivity contribution in [3.63, 3.8) is 0 Å². The standard InChI is InChI=1S/C18H18ClFN2O2/c19-16-9-15(4-5-17(16)20)22-7-6-14(11-22)21-10-12-2-1-3-13(8-12)18(23)24/h1-5,8-9,14,21H,6-7,10-11H2,(H,23,24). The molecule has 0 aliphatic carbocycles. The van der Waals surface area contributed by atoms with Gasteiger partial charge in [0.25, 0.3) is 0 Å². The maximum Gasteiger partial charge on any atom is 0.335 e. The number of hydrogen-bond acceptors (Lipinski definition) is 3. The zero-order valence-electron chi connectivity index (χ0n) is 13.0. The highest BCUT2D eigenvalue weighted by atomic mass is 35.5. The minimum Gasteiger partial charge on any atom is -0.478 e. The molecule has 0 aromatic heterocycles. The first-order valence-electron chi connectivity index (χ1n) is 7.78. The Morgan fingerprint density at radius 1 is 1.33 bits per heavy atom. The van der Waals surface area contributed by atoms with E-state index in [0.717, 1.165) is 30.8 Å². The van der Waals surface area contributed by atoms with Crippen molar-refractivity contribution in [1.29, 1.82) is 0 Å². The number of aromatic carboxylic acids is 1. The number of halogens is 2. The predicted octanol–water partition coefficient (Wildman–Crippen LogP) is 3.55. The SMILES string of the molecule is O=C(O)c1cccc(CNC2CCN(c3ccc(F)c(Cl)c3)C2)c1. The van der Waals surface area contributed by atoms with Crippen molar-refractivity contribution in [2.75, 3.05) is 18.0 Å². The van der Waals surface area contributed by atoms with E-state index in [1.54, 1.807) is 30.3 Å². The van der Waals surface area contributed by atoms with Crippen LogP contribution in [0, 0.1) is 5.82 Å². The molecule has 0 bridgehead atoms. The Kier molecular flexibility index (Phi) is 5.02. The molecule has 1 heterocycles. The molecule has 4 nitrogen and oxygen atoms in total. The van der Waals surface area contributed by atoms with Crippen molar-refractivity contribution in [3.05, 3.63) is 64.4 Å². The Morgan fingerprint density at radius 2 is 2.17 bits per heavy atom. The monoisotopic (exact) mass is 348 g/mol. The lowest BCUT2D eigenvalue weighted by molar-refractivity contribution is 0.0696. The van der Waals surface area contributed by atoms with Crippen LogP contribution in [-0.2, 0) is 6.54 Å². The summed E-state index contributed by atoms with van der Waals surface area (Å²) in [6, 6.07) is 12.0. The third-order valence-corrected chi connectivity index (χ3v) is 4.52. The number of carboxylic acid groups (broad SMARTS) is 1. The van der Waals surface area contributed by atoms with Gasteiger partial charge in [-0.15, -0.1) is 0 Å². The summed E-state index contributed by atoms with van der Waals surface area (Å²) in [6.45, 7) is 2.29. The smallest absolute Gasteiger partial charge is 0.335 e. The third-order valence-electron chi connectivity index (χ3n) is 4.23. The molecule has 1 saturated heterocycles. The summed E-state index contributed by atoms with van der Waals surface area (Å²) in [5, 5.41) is 12.6. The molecule has 1 aliphatic rings. The first-order chi connectivity index (χ1) is 11.5. The topological polar surface area (TPSA) is 52.6 Å². The normalized spacial score (nSPS) is 17.2. The number of nitrogens with zero attached hydrogens (tertiary/aromatic N) is 1. The average Bonchev–Trinajstić information content (AvgIpc) is 3.05. The highest BCUT2D eigenvalue weighted by Crippen LogP contribution is 2.25. The van der Waals surface area contributed by atoms with Gasteiger partial charge in [-0.05, 0) is 42.3 Å². The highest BCUT2D eigenvalue weighted by Gasteiger charge is 2.22. The molecule has 3 rings (SSSR count). The molecule has 24 heavy (non-hydrogen) atoms. The summed E-state index contributed by atoms with van der Waals surface area (Å²) < 4.78 is 13.3. The highest BCUT2D eigenvalue weighted by molar-refractivity contribution is 6.31. The molecule has 1 fully saturated rings. The molecular weight excluding hydrogens is 331 g/mol. The van der Waals surface area contributed by atoms with Crippen LogP contribution < -0.4 is 10.2 Å². The van der Waals surface area contributed by atoms with E-state index in [1.807, 2.05) is 6.07 Å². The van der Waals surface area contributed by atoms with Crippen LogP contribution in [0.1, 0.15) is 22.3 Å². The molecular formula is C18H18ClFN2O2. The zero-order chi connectivity index (χ0) is 17.1. The van der Waals surface area contributed by atoms with Crippen molar-refractivity contribution in [3.8, 4) is 0 Å². The molecule has 2 N–H and O–H groups in total. The van der Waals surface area contributed by atoms with Gasteiger partial charge in [-0.2, -0.15) is 0 Å². The minimum absolute atomic E-state index is 0.134. The van der Waals surface area contributed by atoms with E-state index in [0.29, 0.717) is 18.2 Å². The minimum atomic E-state index is -0.919. The number of hydrogen-bond donors (Lipinski definition) is 2. The maximum absolute atomic E-state index is 13.3. The van der Waals surface area contributed by atoms with Crippen LogP contribution in [0.15, 0.2) is 42.5 Å². The Bertz CT molecular complexity index is 754. The average molecular weight is 349 g/mol. The van der Waals surface area contributed by atoms with Crippen LogP contribution in [0.5, 0.6) is 0 Å². The number of rotatable bonds is 5. The quantitative estimate of drug-likeness (QED) is 0.867. The number of carbonyl (C=O) groups is 1. The first-order valence-corrected chi connectivity index (χ1v) is 8.16. The number of benzene rings is 2. The molecule has 1 atom stereocenters. The Morgan fingerprint density at radius 3 is 2.92 bits per heavy atom. The van der Waals surface area contributed by atoms with E-state index >= 15 is 0 Å². The summed E-state index contributed by atoms with van der Waals surface area (Å²) in [5.41, 5.74) is 2.15. The van der Waals surface area contributed by atoms with Gasteiger partial charge in [0.05, 0.1) is 10.6 Å². The van der Waals surface area contributed by atoms with E-state index in [4.69, 9.17) is 16.7 Å². The molecule has 0 radical (unpaired) electrons. The van der Waals surface area contributed by atoms with E-state index in [9.17, 15) is 9.18 Å². The Labute approximate surface area is 144 Å². The van der Waals surface area contributed by atoms with Gasteiger partial charge < -0.3 is 15.3 Å². The van der Waals surface area contributed by atoms with E-state index in [-0.39, 0.29) is 5.02 Å². The molecule has 0 saturated carbocycles. The lowest BCUT2D eigenvalue weighted by atomic mass is 10.1. The van der Waals surface area contributed by atoms with Crippen LogP contribution in [0.25, 0.3) is 0 Å². The lowest BCUT2D eigenvalue weighted by Gasteiger charge is -2.19. The third kappa shape index (κ3) is 3.86. The second-order valence-electron chi connectivity index (χ2n) is 5.92. The zero-order valence-corrected chi connectivity index (χ0v) is 13.8. The second-order valence-corrected chi connectivity index (χ2v) is 6.32. The van der Waals surface area contributed by atoms with Crippen molar-refractivity contribution >= 4 is 23.3 Å². The van der Waals surface area contributed by atoms with Gasteiger partial charge >= 0.3 is 5.97 Å². The van der Waals surface area contributed by atoms with Gasteiger partial charge in [0.15, 0.2) is 0 Å². The summed E-state index contributed by atoms with van der Waals surface area (Å²) in [5.74, 6) is -1.33. The van der Waals surface area contributed by atoms with Crippen LogP contribution >= 0.6 is 11.6 Å². The Balaban J connectivity index is 1.57. The molecule has 2 aromatic carbocycles. The van der Waals surface area contributed by atoms with Crippen molar-refractivity contribution < 1.29 is 14.3 Å². The van der Waals surface area contributed by atoms with Crippen molar-refractivity contribution in [2.45, 2.75) is 19.0 Å². The fourth-order valence-electron chi connectivity index (χ4n) is 2.92. The van der Waals surface area contributed by atoms with Gasteiger partial charge in [0.2, 0.25) is 0 Å². The van der Waals surface area contributed by atoms with Gasteiger partial charge in [-0.3, -0.25) is 0 Å². The molecule has 126 valence electrons. The van der Waals surface area contributed by atoms with Gasteiger partial charge in [0.1, 0.15) is 5.82 Å². The maximum atomic E-state index is 13.3. The number of anilines is 1. The summed E-state index contributed by atoms with van der Waals surface area (Å²) in [4.78, 5) is 13.2. The molecule has 1 unspecified atom stereocenters. The largest absolute Gasteiger partial charge is 0.478 e. The molecule has 2 aromatic rings.